The summed E-state index contributed by atoms with van der Waals surface area (Å²) < 4.78 is 45.6. The Morgan fingerprint density at radius 2 is 1.97 bits per heavy atom. The minimum absolute atomic E-state index is 0.0544. The third-order valence-electron chi connectivity index (χ3n) is 4.53. The van der Waals surface area contributed by atoms with E-state index >= 15 is 0 Å². The van der Waals surface area contributed by atoms with Crippen LogP contribution in [0.3, 0.4) is 0 Å². The van der Waals surface area contributed by atoms with E-state index in [9.17, 15) is 18.0 Å². The molecule has 0 radical (unpaired) electrons. The van der Waals surface area contributed by atoms with Gasteiger partial charge in [0, 0.05) is 26.0 Å². The fourth-order valence-electron chi connectivity index (χ4n) is 3.00. The molecule has 2 aromatic carbocycles. The zero-order valence-electron chi connectivity index (χ0n) is 16.4. The maximum atomic E-state index is 12.9. The van der Waals surface area contributed by atoms with Gasteiger partial charge in [0.1, 0.15) is 17.6 Å². The molecule has 1 atom stereocenters. The van der Waals surface area contributed by atoms with Crippen LogP contribution in [0.15, 0.2) is 60.9 Å². The summed E-state index contributed by atoms with van der Waals surface area (Å²) in [6.07, 6.45) is -1.07. The molecule has 158 valence electrons. The number of alkyl halides is 3. The van der Waals surface area contributed by atoms with Crippen LogP contribution in [0.25, 0.3) is 0 Å². The summed E-state index contributed by atoms with van der Waals surface area (Å²) in [5.41, 5.74) is 0.331. The molecule has 0 saturated carbocycles. The topological polar surface area (TPSA) is 68.2 Å². The standard InChI is InChI=1S/C21H21F3N4O2/c1-28-10-9-25-19(28)18(15-6-4-8-17(12-15)30-2)27-20(29)26-13-14-5-3-7-16(11-14)21(22,23)24/h3-12,18H,13H2,1-2H3,(H2,26,27,29). The first-order valence-corrected chi connectivity index (χ1v) is 9.09. The van der Waals surface area contributed by atoms with Gasteiger partial charge in [0.25, 0.3) is 0 Å². The molecule has 2 N–H and O–H groups in total. The second-order valence-electron chi connectivity index (χ2n) is 6.63. The maximum absolute atomic E-state index is 12.9. The summed E-state index contributed by atoms with van der Waals surface area (Å²) in [4.78, 5) is 16.8. The summed E-state index contributed by atoms with van der Waals surface area (Å²) in [6.45, 7) is -0.0544. The SMILES string of the molecule is COc1cccc(C(NC(=O)NCc2cccc(C(F)(F)F)c2)c2nccn2C)c1. The highest BCUT2D eigenvalue weighted by atomic mass is 19.4. The van der Waals surface area contributed by atoms with Crippen molar-refractivity contribution >= 4 is 6.03 Å². The molecule has 0 aliphatic rings. The summed E-state index contributed by atoms with van der Waals surface area (Å²) >= 11 is 0. The molecular weight excluding hydrogens is 397 g/mol. The van der Waals surface area contributed by atoms with Gasteiger partial charge in [0.05, 0.1) is 12.7 Å². The van der Waals surface area contributed by atoms with Crippen LogP contribution in [0.2, 0.25) is 0 Å². The van der Waals surface area contributed by atoms with Crippen LogP contribution in [0.4, 0.5) is 18.0 Å². The lowest BCUT2D eigenvalue weighted by atomic mass is 10.1. The van der Waals surface area contributed by atoms with Gasteiger partial charge in [0.2, 0.25) is 0 Å². The molecule has 1 aromatic heterocycles. The quantitative estimate of drug-likeness (QED) is 0.635. The lowest BCUT2D eigenvalue weighted by molar-refractivity contribution is -0.137. The molecule has 0 aliphatic heterocycles. The first-order valence-electron chi connectivity index (χ1n) is 9.09. The van der Waals surface area contributed by atoms with Crippen molar-refractivity contribution in [3.8, 4) is 5.75 Å². The van der Waals surface area contributed by atoms with Crippen LogP contribution in [0.1, 0.15) is 28.6 Å². The molecule has 0 aliphatic carbocycles. The van der Waals surface area contributed by atoms with Crippen LogP contribution < -0.4 is 15.4 Å². The molecule has 0 bridgehead atoms. The third-order valence-corrected chi connectivity index (χ3v) is 4.53. The number of nitrogens with zero attached hydrogens (tertiary/aromatic N) is 2. The van der Waals surface area contributed by atoms with E-state index in [0.29, 0.717) is 17.1 Å². The number of urea groups is 1. The number of nitrogens with one attached hydrogen (secondary N) is 2. The first kappa shape index (κ1) is 21.2. The average Bonchev–Trinajstić information content (AvgIpc) is 3.15. The Morgan fingerprint density at radius 1 is 1.20 bits per heavy atom. The van der Waals surface area contributed by atoms with Crippen LogP contribution in [0.5, 0.6) is 5.75 Å². The predicted molar refractivity (Wildman–Crippen MR) is 105 cm³/mol. The van der Waals surface area contributed by atoms with Crippen molar-refractivity contribution in [2.24, 2.45) is 7.05 Å². The average molecular weight is 418 g/mol. The Kier molecular flexibility index (Phi) is 6.29. The molecular formula is C21H21F3N4O2. The van der Waals surface area contributed by atoms with Crippen molar-refractivity contribution in [1.82, 2.24) is 20.2 Å². The largest absolute Gasteiger partial charge is 0.497 e. The second-order valence-corrected chi connectivity index (χ2v) is 6.63. The number of aryl methyl sites for hydroxylation is 1. The van der Waals surface area contributed by atoms with Gasteiger partial charge in [-0.05, 0) is 35.4 Å². The Labute approximate surface area is 171 Å². The highest BCUT2D eigenvalue weighted by Gasteiger charge is 2.30. The minimum Gasteiger partial charge on any atom is -0.497 e. The van der Waals surface area contributed by atoms with Crippen molar-refractivity contribution in [3.63, 3.8) is 0 Å². The smallest absolute Gasteiger partial charge is 0.416 e. The zero-order chi connectivity index (χ0) is 21.7. The van der Waals surface area contributed by atoms with E-state index in [2.05, 4.69) is 15.6 Å². The number of ether oxygens (including phenoxy) is 1. The summed E-state index contributed by atoms with van der Waals surface area (Å²) in [5.74, 6) is 1.22. The van der Waals surface area contributed by atoms with Crippen LogP contribution in [-0.2, 0) is 19.8 Å². The van der Waals surface area contributed by atoms with Crippen molar-refractivity contribution < 1.29 is 22.7 Å². The normalized spacial score (nSPS) is 12.3. The maximum Gasteiger partial charge on any atom is 0.416 e. The predicted octanol–water partition coefficient (Wildman–Crippen LogP) is 4.04. The monoisotopic (exact) mass is 418 g/mol. The molecule has 0 fully saturated rings. The van der Waals surface area contributed by atoms with Gasteiger partial charge in [0.15, 0.2) is 0 Å². The van der Waals surface area contributed by atoms with E-state index < -0.39 is 23.8 Å². The number of hydrogen-bond donors (Lipinski definition) is 2. The number of carbonyl (C=O) groups excluding carboxylic acids is 1. The van der Waals surface area contributed by atoms with Gasteiger partial charge < -0.3 is 19.9 Å². The number of methoxy groups -OCH3 is 1. The van der Waals surface area contributed by atoms with Crippen molar-refractivity contribution in [3.05, 3.63) is 83.4 Å². The van der Waals surface area contributed by atoms with E-state index in [1.54, 1.807) is 49.3 Å². The molecule has 1 heterocycles. The van der Waals surface area contributed by atoms with E-state index in [-0.39, 0.29) is 6.54 Å². The van der Waals surface area contributed by atoms with Crippen molar-refractivity contribution in [1.29, 1.82) is 0 Å². The number of aromatic nitrogens is 2. The fourth-order valence-corrected chi connectivity index (χ4v) is 3.00. The van der Waals surface area contributed by atoms with Gasteiger partial charge in [-0.25, -0.2) is 9.78 Å². The van der Waals surface area contributed by atoms with Crippen LogP contribution >= 0.6 is 0 Å². The second kappa shape index (κ2) is 8.89. The summed E-state index contributed by atoms with van der Waals surface area (Å²) in [6, 6.07) is 10.9. The number of benzene rings is 2. The van der Waals surface area contributed by atoms with Gasteiger partial charge in [-0.1, -0.05) is 24.3 Å². The van der Waals surface area contributed by atoms with E-state index in [1.165, 1.54) is 12.1 Å². The van der Waals surface area contributed by atoms with E-state index in [0.717, 1.165) is 17.7 Å². The molecule has 1 unspecified atom stereocenters. The summed E-state index contributed by atoms with van der Waals surface area (Å²) in [7, 11) is 3.35. The Hall–Kier alpha value is -3.49. The molecule has 2 amide bonds. The number of carbonyl (C=O) groups is 1. The zero-order valence-corrected chi connectivity index (χ0v) is 16.4. The number of hydrogen-bond acceptors (Lipinski definition) is 3. The minimum atomic E-state index is -4.44. The Morgan fingerprint density at radius 3 is 2.63 bits per heavy atom. The molecule has 3 aromatic rings. The lowest BCUT2D eigenvalue weighted by Gasteiger charge is -2.20. The van der Waals surface area contributed by atoms with Gasteiger partial charge in [-0.3, -0.25) is 0 Å². The van der Waals surface area contributed by atoms with Gasteiger partial charge in [-0.15, -0.1) is 0 Å². The van der Waals surface area contributed by atoms with Gasteiger partial charge >= 0.3 is 12.2 Å². The fraction of sp³-hybridized carbons (Fsp3) is 0.238. The number of amides is 2. The Balaban J connectivity index is 1.75. The molecule has 0 saturated heterocycles. The number of rotatable bonds is 6. The van der Waals surface area contributed by atoms with E-state index in [4.69, 9.17) is 4.74 Å². The number of imidazole rings is 1. The summed E-state index contributed by atoms with van der Waals surface area (Å²) in [5, 5.41) is 5.43. The lowest BCUT2D eigenvalue weighted by Crippen LogP contribution is -2.39. The highest BCUT2D eigenvalue weighted by Crippen LogP contribution is 2.29. The number of halogens is 3. The van der Waals surface area contributed by atoms with Crippen molar-refractivity contribution in [2.45, 2.75) is 18.8 Å². The third kappa shape index (κ3) is 5.11. The van der Waals surface area contributed by atoms with Crippen LogP contribution in [-0.4, -0.2) is 22.7 Å². The first-order chi connectivity index (χ1) is 14.3. The molecule has 30 heavy (non-hydrogen) atoms. The molecule has 3 rings (SSSR count). The molecule has 9 heteroatoms. The Bertz CT molecular complexity index is 1020. The van der Waals surface area contributed by atoms with Crippen LogP contribution in [0, 0.1) is 0 Å². The molecule has 6 nitrogen and oxygen atoms in total. The van der Waals surface area contributed by atoms with Gasteiger partial charge in [-0.2, -0.15) is 13.2 Å². The van der Waals surface area contributed by atoms with Crippen molar-refractivity contribution in [2.75, 3.05) is 7.11 Å². The van der Waals surface area contributed by atoms with E-state index in [1.807, 2.05) is 6.07 Å². The molecule has 0 spiro atoms. The highest BCUT2D eigenvalue weighted by molar-refractivity contribution is 5.75.